The second-order valence-corrected chi connectivity index (χ2v) is 5.95. The van der Waals surface area contributed by atoms with Gasteiger partial charge in [-0.1, -0.05) is 13.8 Å². The molecule has 1 atom stereocenters. The van der Waals surface area contributed by atoms with E-state index in [0.29, 0.717) is 6.61 Å². The number of carbonyl (C=O) groups is 1. The Kier molecular flexibility index (Phi) is 6.86. The fraction of sp³-hybridized carbons (Fsp3) is 0.611. The molecule has 0 bridgehead atoms. The zero-order chi connectivity index (χ0) is 16.7. The fourth-order valence-electron chi connectivity index (χ4n) is 2.83. The Bertz CT molecular complexity index is 486. The number of ether oxygens (including phenoxy) is 1. The molecule has 0 aromatic heterocycles. The van der Waals surface area contributed by atoms with Gasteiger partial charge in [0.05, 0.1) is 0 Å². The average molecular weight is 319 g/mol. The van der Waals surface area contributed by atoms with E-state index in [2.05, 4.69) is 31.0 Å². The van der Waals surface area contributed by atoms with Gasteiger partial charge in [-0.15, -0.1) is 0 Å². The number of likely N-dealkylation sites (N-methyl/N-ethyl adjacent to an activating group) is 1. The van der Waals surface area contributed by atoms with Gasteiger partial charge in [0.1, 0.15) is 12.4 Å². The standard InChI is InChI=1S/C18H29N3O2/c1-4-20(5-2)12-13-23-17-8-6-16(7-9-17)18(22)21-11-10-19-14-15(21)3/h6-9,15,19H,4-5,10-14H2,1-3H3/t15-/m1/s1. The molecule has 1 aliphatic rings. The largest absolute Gasteiger partial charge is 0.492 e. The van der Waals surface area contributed by atoms with Crippen LogP contribution in [0, 0.1) is 0 Å². The Morgan fingerprint density at radius 1 is 1.30 bits per heavy atom. The van der Waals surface area contributed by atoms with E-state index in [4.69, 9.17) is 4.74 Å². The highest BCUT2D eigenvalue weighted by Gasteiger charge is 2.23. The molecule has 5 nitrogen and oxygen atoms in total. The summed E-state index contributed by atoms with van der Waals surface area (Å²) in [5.41, 5.74) is 0.731. The van der Waals surface area contributed by atoms with Gasteiger partial charge >= 0.3 is 0 Å². The van der Waals surface area contributed by atoms with E-state index in [0.717, 1.165) is 50.6 Å². The summed E-state index contributed by atoms with van der Waals surface area (Å²) < 4.78 is 5.76. The zero-order valence-corrected chi connectivity index (χ0v) is 14.5. The van der Waals surface area contributed by atoms with E-state index in [1.54, 1.807) is 0 Å². The molecule has 23 heavy (non-hydrogen) atoms. The molecule has 1 heterocycles. The van der Waals surface area contributed by atoms with Crippen LogP contribution in [0.25, 0.3) is 0 Å². The molecule has 0 spiro atoms. The van der Waals surface area contributed by atoms with E-state index in [1.807, 2.05) is 29.2 Å². The molecule has 1 saturated heterocycles. The highest BCUT2D eigenvalue weighted by atomic mass is 16.5. The van der Waals surface area contributed by atoms with Gasteiger partial charge in [0.25, 0.3) is 5.91 Å². The van der Waals surface area contributed by atoms with E-state index in [-0.39, 0.29) is 11.9 Å². The zero-order valence-electron chi connectivity index (χ0n) is 14.5. The number of benzene rings is 1. The Hall–Kier alpha value is -1.59. The molecule has 1 fully saturated rings. The molecule has 2 rings (SSSR count). The average Bonchev–Trinajstić information content (AvgIpc) is 2.59. The summed E-state index contributed by atoms with van der Waals surface area (Å²) in [6, 6.07) is 7.75. The van der Waals surface area contributed by atoms with Crippen LogP contribution in [0.15, 0.2) is 24.3 Å². The van der Waals surface area contributed by atoms with E-state index < -0.39 is 0 Å². The molecule has 1 aromatic carbocycles. The molecule has 1 aliphatic heterocycles. The summed E-state index contributed by atoms with van der Waals surface area (Å²) in [4.78, 5) is 16.8. The van der Waals surface area contributed by atoms with Crippen molar-refractivity contribution in [3.63, 3.8) is 0 Å². The van der Waals surface area contributed by atoms with Gasteiger partial charge in [-0.2, -0.15) is 0 Å². The summed E-state index contributed by atoms with van der Waals surface area (Å²) in [6.07, 6.45) is 0. The van der Waals surface area contributed by atoms with Crippen LogP contribution in [0.4, 0.5) is 0 Å². The predicted octanol–water partition coefficient (Wildman–Crippen LogP) is 1.84. The number of amides is 1. The highest BCUT2D eigenvalue weighted by molar-refractivity contribution is 5.94. The maximum absolute atomic E-state index is 12.6. The van der Waals surface area contributed by atoms with Gasteiger partial charge in [-0.3, -0.25) is 4.79 Å². The van der Waals surface area contributed by atoms with E-state index in [1.165, 1.54) is 0 Å². The second-order valence-electron chi connectivity index (χ2n) is 5.95. The first-order chi connectivity index (χ1) is 11.2. The van der Waals surface area contributed by atoms with Crippen LogP contribution in [0.2, 0.25) is 0 Å². The molecule has 128 valence electrons. The Balaban J connectivity index is 1.87. The summed E-state index contributed by atoms with van der Waals surface area (Å²) in [5, 5.41) is 3.30. The van der Waals surface area contributed by atoms with Crippen LogP contribution < -0.4 is 10.1 Å². The summed E-state index contributed by atoms with van der Waals surface area (Å²) >= 11 is 0. The lowest BCUT2D eigenvalue weighted by molar-refractivity contribution is 0.0655. The molecule has 1 amide bonds. The van der Waals surface area contributed by atoms with E-state index >= 15 is 0 Å². The fourth-order valence-corrected chi connectivity index (χ4v) is 2.83. The normalized spacial score (nSPS) is 18.3. The van der Waals surface area contributed by atoms with Crippen LogP contribution in [0.5, 0.6) is 5.75 Å². The monoisotopic (exact) mass is 319 g/mol. The van der Waals surface area contributed by atoms with Crippen LogP contribution in [0.3, 0.4) is 0 Å². The lowest BCUT2D eigenvalue weighted by Gasteiger charge is -2.34. The number of nitrogens with one attached hydrogen (secondary N) is 1. The van der Waals surface area contributed by atoms with Crippen LogP contribution in [-0.2, 0) is 0 Å². The minimum Gasteiger partial charge on any atom is -0.492 e. The van der Waals surface area contributed by atoms with Gasteiger partial charge in [0, 0.05) is 37.8 Å². The Morgan fingerprint density at radius 2 is 2.00 bits per heavy atom. The topological polar surface area (TPSA) is 44.8 Å². The van der Waals surface area contributed by atoms with Crippen molar-refractivity contribution in [2.75, 3.05) is 45.9 Å². The molecule has 5 heteroatoms. The van der Waals surface area contributed by atoms with Crippen molar-refractivity contribution < 1.29 is 9.53 Å². The van der Waals surface area contributed by atoms with E-state index in [9.17, 15) is 4.79 Å². The molecular weight excluding hydrogens is 290 g/mol. The summed E-state index contributed by atoms with van der Waals surface area (Å²) in [6.45, 7) is 12.5. The van der Waals surface area contributed by atoms with Crippen molar-refractivity contribution in [1.82, 2.24) is 15.1 Å². The third-order valence-electron chi connectivity index (χ3n) is 4.43. The molecule has 1 aromatic rings. The number of piperazine rings is 1. The van der Waals surface area contributed by atoms with Gasteiger partial charge in [-0.25, -0.2) is 0 Å². The van der Waals surface area contributed by atoms with Gasteiger partial charge in [0.2, 0.25) is 0 Å². The predicted molar refractivity (Wildman–Crippen MR) is 93.1 cm³/mol. The quantitative estimate of drug-likeness (QED) is 0.833. The van der Waals surface area contributed by atoms with Crippen LogP contribution in [0.1, 0.15) is 31.1 Å². The first-order valence-corrected chi connectivity index (χ1v) is 8.62. The molecule has 0 radical (unpaired) electrons. The molecule has 0 unspecified atom stereocenters. The van der Waals surface area contributed by atoms with Crippen LogP contribution >= 0.6 is 0 Å². The lowest BCUT2D eigenvalue weighted by atomic mass is 10.1. The highest BCUT2D eigenvalue weighted by Crippen LogP contribution is 2.15. The molecule has 0 saturated carbocycles. The number of hydrogen-bond donors (Lipinski definition) is 1. The number of rotatable bonds is 7. The smallest absolute Gasteiger partial charge is 0.254 e. The molecular formula is C18H29N3O2. The maximum atomic E-state index is 12.6. The van der Waals surface area contributed by atoms with Crippen molar-refractivity contribution in [2.24, 2.45) is 0 Å². The number of nitrogens with zero attached hydrogens (tertiary/aromatic N) is 2. The SMILES string of the molecule is CCN(CC)CCOc1ccc(C(=O)N2CCNC[C@H]2C)cc1. The number of carbonyl (C=O) groups excluding carboxylic acids is 1. The Labute approximate surface area is 139 Å². The third-order valence-corrected chi connectivity index (χ3v) is 4.43. The minimum absolute atomic E-state index is 0.105. The second kappa shape index (κ2) is 8.89. The first-order valence-electron chi connectivity index (χ1n) is 8.62. The van der Waals surface area contributed by atoms with Crippen molar-refractivity contribution in [1.29, 1.82) is 0 Å². The lowest BCUT2D eigenvalue weighted by Crippen LogP contribution is -2.52. The van der Waals surface area contributed by atoms with Gasteiger partial charge in [0.15, 0.2) is 0 Å². The Morgan fingerprint density at radius 3 is 2.61 bits per heavy atom. The van der Waals surface area contributed by atoms with Crippen molar-refractivity contribution >= 4 is 5.91 Å². The van der Waals surface area contributed by atoms with Crippen LogP contribution in [-0.4, -0.2) is 67.6 Å². The summed E-state index contributed by atoms with van der Waals surface area (Å²) in [5.74, 6) is 0.927. The first kappa shape index (κ1) is 17.8. The third kappa shape index (κ3) is 4.94. The van der Waals surface area contributed by atoms with Crippen molar-refractivity contribution in [2.45, 2.75) is 26.8 Å². The van der Waals surface area contributed by atoms with Gasteiger partial charge < -0.3 is 19.9 Å². The maximum Gasteiger partial charge on any atom is 0.254 e. The summed E-state index contributed by atoms with van der Waals surface area (Å²) in [7, 11) is 0. The van der Waals surface area contributed by atoms with Gasteiger partial charge in [-0.05, 0) is 44.3 Å². The minimum atomic E-state index is 0.105. The van der Waals surface area contributed by atoms with Crippen molar-refractivity contribution in [3.8, 4) is 5.75 Å². The molecule has 1 N–H and O–H groups in total. The van der Waals surface area contributed by atoms with Crippen molar-refractivity contribution in [3.05, 3.63) is 29.8 Å². The number of hydrogen-bond acceptors (Lipinski definition) is 4. The molecule has 0 aliphatic carbocycles.